The van der Waals surface area contributed by atoms with E-state index in [1.54, 1.807) is 0 Å². The van der Waals surface area contributed by atoms with Gasteiger partial charge in [-0.3, -0.25) is 0 Å². The second kappa shape index (κ2) is 5.67. The number of rotatable bonds is 1. The molecule has 1 fully saturated rings. The smallest absolute Gasteiger partial charge is 0.255 e. The molecule has 0 radical (unpaired) electrons. The minimum Gasteiger partial charge on any atom is -0.487 e. The Hall–Kier alpha value is -1.57. The van der Waals surface area contributed by atoms with Crippen molar-refractivity contribution in [2.45, 2.75) is 57.4 Å². The predicted octanol–water partition coefficient (Wildman–Crippen LogP) is 4.35. The fourth-order valence-corrected chi connectivity index (χ4v) is 3.99. The largest absolute Gasteiger partial charge is 0.487 e. The van der Waals surface area contributed by atoms with Crippen LogP contribution in [0.2, 0.25) is 0 Å². The fourth-order valence-electron chi connectivity index (χ4n) is 3.99. The lowest BCUT2D eigenvalue weighted by molar-refractivity contribution is -0.672. The van der Waals surface area contributed by atoms with Gasteiger partial charge >= 0.3 is 0 Å². The summed E-state index contributed by atoms with van der Waals surface area (Å²) < 4.78 is 8.66. The van der Waals surface area contributed by atoms with E-state index in [2.05, 4.69) is 35.0 Å². The van der Waals surface area contributed by atoms with Gasteiger partial charge in [0, 0.05) is 18.1 Å². The van der Waals surface area contributed by atoms with Crippen molar-refractivity contribution in [3.05, 3.63) is 36.0 Å². The molecule has 2 aliphatic rings. The molecular formula is C19H24NO+. The Kier molecular flexibility index (Phi) is 3.54. The molecule has 110 valence electrons. The minimum atomic E-state index is 0.700. The molecule has 0 bridgehead atoms. The molecule has 1 aliphatic heterocycles. The number of benzene rings is 1. The van der Waals surface area contributed by atoms with Crippen molar-refractivity contribution in [2.24, 2.45) is 0 Å². The van der Waals surface area contributed by atoms with Crippen LogP contribution in [0.1, 0.15) is 56.4 Å². The molecule has 2 nitrogen and oxygen atoms in total. The first-order chi connectivity index (χ1) is 10.4. The Labute approximate surface area is 126 Å². The second-order valence-corrected chi connectivity index (χ2v) is 6.51. The number of hydrogen-bond acceptors (Lipinski definition) is 1. The molecule has 0 N–H and O–H groups in total. The van der Waals surface area contributed by atoms with E-state index in [4.69, 9.17) is 4.74 Å². The van der Waals surface area contributed by atoms with E-state index < -0.39 is 0 Å². The van der Waals surface area contributed by atoms with Crippen molar-refractivity contribution in [3.8, 4) is 5.75 Å². The zero-order valence-electron chi connectivity index (χ0n) is 12.7. The molecule has 21 heavy (non-hydrogen) atoms. The van der Waals surface area contributed by atoms with E-state index in [1.165, 1.54) is 60.7 Å². The summed E-state index contributed by atoms with van der Waals surface area (Å²) in [5.41, 5.74) is 2.78. The molecule has 1 aromatic carbocycles. The molecule has 0 spiro atoms. The highest BCUT2D eigenvalue weighted by Crippen LogP contribution is 2.40. The summed E-state index contributed by atoms with van der Waals surface area (Å²) in [5.74, 6) is 1.88. The number of hydrogen-bond donors (Lipinski definition) is 0. The maximum absolute atomic E-state index is 6.26. The van der Waals surface area contributed by atoms with E-state index >= 15 is 0 Å². The lowest BCUT2D eigenvalue weighted by Gasteiger charge is -2.25. The van der Waals surface area contributed by atoms with Gasteiger partial charge in [-0.2, -0.15) is 4.57 Å². The van der Waals surface area contributed by atoms with Crippen LogP contribution in [-0.2, 0) is 6.54 Å². The van der Waals surface area contributed by atoms with Crippen molar-refractivity contribution in [3.63, 3.8) is 0 Å². The first-order valence-electron chi connectivity index (χ1n) is 8.51. The van der Waals surface area contributed by atoms with Crippen molar-refractivity contribution >= 4 is 10.9 Å². The topological polar surface area (TPSA) is 13.1 Å². The summed E-state index contributed by atoms with van der Waals surface area (Å²) >= 11 is 0. The third-order valence-corrected chi connectivity index (χ3v) is 5.11. The Morgan fingerprint density at radius 3 is 2.76 bits per heavy atom. The number of ether oxygens (including phenoxy) is 1. The zero-order chi connectivity index (χ0) is 14.1. The van der Waals surface area contributed by atoms with Gasteiger partial charge in [-0.15, -0.1) is 0 Å². The molecule has 0 saturated heterocycles. The Balaban J connectivity index is 1.89. The molecule has 0 atom stereocenters. The average molecular weight is 282 g/mol. The first kappa shape index (κ1) is 13.1. The number of pyridine rings is 1. The number of aryl methyl sites for hydroxylation is 1. The minimum absolute atomic E-state index is 0.700. The van der Waals surface area contributed by atoms with Crippen LogP contribution in [0.25, 0.3) is 10.9 Å². The van der Waals surface area contributed by atoms with Gasteiger partial charge in [0.05, 0.1) is 12.0 Å². The summed E-state index contributed by atoms with van der Waals surface area (Å²) in [6, 6.07) is 9.00. The van der Waals surface area contributed by atoms with Crippen LogP contribution >= 0.6 is 0 Å². The molecule has 2 heterocycles. The summed E-state index contributed by atoms with van der Waals surface area (Å²) in [6.45, 7) is 1.98. The SMILES string of the molecule is c1cc2ccc(C3CCCCC3)c3c2[n+](c1)CCCCO3. The summed E-state index contributed by atoms with van der Waals surface area (Å²) in [6.07, 6.45) is 11.4. The quantitative estimate of drug-likeness (QED) is 0.709. The van der Waals surface area contributed by atoms with E-state index in [9.17, 15) is 0 Å². The Bertz CT molecular complexity index is 643. The van der Waals surface area contributed by atoms with Gasteiger partial charge in [0.2, 0.25) is 0 Å². The third-order valence-electron chi connectivity index (χ3n) is 5.11. The maximum atomic E-state index is 6.26. The number of aromatic nitrogens is 1. The zero-order valence-corrected chi connectivity index (χ0v) is 12.7. The molecule has 2 heteroatoms. The van der Waals surface area contributed by atoms with E-state index in [1.807, 2.05) is 0 Å². The molecule has 0 unspecified atom stereocenters. The van der Waals surface area contributed by atoms with Gasteiger partial charge in [-0.1, -0.05) is 25.3 Å². The Morgan fingerprint density at radius 1 is 0.952 bits per heavy atom. The van der Waals surface area contributed by atoms with E-state index in [-0.39, 0.29) is 0 Å². The summed E-state index contributed by atoms with van der Waals surface area (Å²) in [5, 5.41) is 1.31. The molecule has 1 aliphatic carbocycles. The third kappa shape index (κ3) is 2.41. The molecule has 2 aromatic rings. The van der Waals surface area contributed by atoms with Crippen molar-refractivity contribution in [2.75, 3.05) is 6.61 Å². The van der Waals surface area contributed by atoms with Crippen molar-refractivity contribution in [1.82, 2.24) is 0 Å². The van der Waals surface area contributed by atoms with Crippen LogP contribution in [0.15, 0.2) is 30.5 Å². The maximum Gasteiger partial charge on any atom is 0.255 e. The number of nitrogens with zero attached hydrogens (tertiary/aromatic N) is 1. The van der Waals surface area contributed by atoms with Gasteiger partial charge in [-0.05, 0) is 37.3 Å². The molecule has 1 aromatic heterocycles. The average Bonchev–Trinajstić information content (AvgIpc) is 2.52. The Morgan fingerprint density at radius 2 is 1.86 bits per heavy atom. The standard InChI is InChI=1S/C19H24NO/c1-2-7-15(8-3-1)17-11-10-16-9-6-13-20-12-4-5-14-21-19(17)18(16)20/h6,9-11,13,15H,1-5,7-8,12,14H2/q+1. The van der Waals surface area contributed by atoms with Crippen LogP contribution in [0.3, 0.4) is 0 Å². The van der Waals surface area contributed by atoms with Gasteiger partial charge in [0.1, 0.15) is 6.54 Å². The summed E-state index contributed by atoms with van der Waals surface area (Å²) in [7, 11) is 0. The van der Waals surface area contributed by atoms with Gasteiger partial charge in [0.25, 0.3) is 5.52 Å². The normalized spacial score (nSPS) is 19.8. The van der Waals surface area contributed by atoms with Crippen LogP contribution in [0.4, 0.5) is 0 Å². The highest BCUT2D eigenvalue weighted by atomic mass is 16.5. The first-order valence-corrected chi connectivity index (χ1v) is 8.51. The van der Waals surface area contributed by atoms with Crippen LogP contribution in [0, 0.1) is 0 Å². The van der Waals surface area contributed by atoms with Crippen LogP contribution in [0.5, 0.6) is 5.75 Å². The van der Waals surface area contributed by atoms with Gasteiger partial charge in [-0.25, -0.2) is 0 Å². The van der Waals surface area contributed by atoms with Gasteiger partial charge < -0.3 is 4.74 Å². The van der Waals surface area contributed by atoms with Crippen molar-refractivity contribution < 1.29 is 9.30 Å². The molecule has 0 amide bonds. The highest BCUT2D eigenvalue weighted by Gasteiger charge is 2.26. The van der Waals surface area contributed by atoms with E-state index in [0.717, 1.165) is 19.6 Å². The van der Waals surface area contributed by atoms with Crippen LogP contribution in [-0.4, -0.2) is 6.61 Å². The van der Waals surface area contributed by atoms with E-state index in [0.29, 0.717) is 5.92 Å². The molecule has 1 saturated carbocycles. The lowest BCUT2D eigenvalue weighted by Crippen LogP contribution is -2.36. The fraction of sp³-hybridized carbons (Fsp3) is 0.526. The van der Waals surface area contributed by atoms with Crippen molar-refractivity contribution in [1.29, 1.82) is 0 Å². The lowest BCUT2D eigenvalue weighted by atomic mass is 9.83. The van der Waals surface area contributed by atoms with Crippen LogP contribution < -0.4 is 9.30 Å². The highest BCUT2D eigenvalue weighted by molar-refractivity contribution is 5.83. The summed E-state index contributed by atoms with van der Waals surface area (Å²) in [4.78, 5) is 0. The molecule has 4 rings (SSSR count). The predicted molar refractivity (Wildman–Crippen MR) is 84.7 cm³/mol. The molecular weight excluding hydrogens is 258 g/mol. The van der Waals surface area contributed by atoms with Gasteiger partial charge in [0.15, 0.2) is 11.9 Å². The second-order valence-electron chi connectivity index (χ2n) is 6.51. The monoisotopic (exact) mass is 282 g/mol.